The van der Waals surface area contributed by atoms with Crippen LogP contribution in [0.2, 0.25) is 0 Å². The minimum Gasteiger partial charge on any atom is -0.454 e. The number of carbonyl (C=O) groups is 1. The van der Waals surface area contributed by atoms with Crippen LogP contribution in [-0.2, 0) is 11.3 Å². The number of hydrogen-bond acceptors (Lipinski definition) is 6. The van der Waals surface area contributed by atoms with Gasteiger partial charge in [-0.25, -0.2) is 0 Å². The van der Waals surface area contributed by atoms with Gasteiger partial charge in [0.05, 0.1) is 16.6 Å². The summed E-state index contributed by atoms with van der Waals surface area (Å²) in [7, 11) is 0. The van der Waals surface area contributed by atoms with Crippen LogP contribution in [0, 0.1) is 24.0 Å². The first-order chi connectivity index (χ1) is 12.8. The maximum atomic E-state index is 12.1. The molecule has 1 aromatic heterocycles. The van der Waals surface area contributed by atoms with Gasteiger partial charge < -0.3 is 19.8 Å². The molecule has 9 heteroatoms. The van der Waals surface area contributed by atoms with Gasteiger partial charge in [0.15, 0.2) is 11.5 Å². The molecule has 0 bridgehead atoms. The number of aryl methyl sites for hydroxylation is 2. The molecule has 2 N–H and O–H groups in total. The molecule has 2 heterocycles. The fraction of sp³-hybridized carbons (Fsp3) is 0.222. The van der Waals surface area contributed by atoms with Crippen LogP contribution in [0.1, 0.15) is 22.4 Å². The van der Waals surface area contributed by atoms with Crippen LogP contribution in [0.15, 0.2) is 29.1 Å². The molecule has 3 rings (SSSR count). The number of benzene rings is 1. The summed E-state index contributed by atoms with van der Waals surface area (Å²) in [6.07, 6.45) is 2.49. The fourth-order valence-corrected chi connectivity index (χ4v) is 2.74. The van der Waals surface area contributed by atoms with E-state index in [9.17, 15) is 19.7 Å². The van der Waals surface area contributed by atoms with Gasteiger partial charge in [0.2, 0.25) is 12.7 Å². The summed E-state index contributed by atoms with van der Waals surface area (Å²) in [6.45, 7) is 3.60. The van der Waals surface area contributed by atoms with Crippen LogP contribution < -0.4 is 20.3 Å². The third-order valence-corrected chi connectivity index (χ3v) is 4.07. The molecule has 1 amide bonds. The van der Waals surface area contributed by atoms with Gasteiger partial charge in [-0.2, -0.15) is 0 Å². The Hall–Kier alpha value is -3.62. The minimum atomic E-state index is -0.561. The van der Waals surface area contributed by atoms with Gasteiger partial charge in [0, 0.05) is 23.9 Å². The zero-order chi connectivity index (χ0) is 19.6. The monoisotopic (exact) mass is 371 g/mol. The van der Waals surface area contributed by atoms with Crippen LogP contribution in [0.5, 0.6) is 11.5 Å². The van der Waals surface area contributed by atoms with Crippen molar-refractivity contribution >= 4 is 17.7 Å². The smallest absolute Gasteiger partial charge is 0.280 e. The van der Waals surface area contributed by atoms with Crippen molar-refractivity contribution in [2.45, 2.75) is 20.4 Å². The number of ether oxygens (including phenoxy) is 2. The van der Waals surface area contributed by atoms with Crippen molar-refractivity contribution in [3.05, 3.63) is 67.1 Å². The highest BCUT2D eigenvalue weighted by Crippen LogP contribution is 2.38. The standard InChI is InChI=1S/C18H17N3O6/c1-10-5-11(2)20-18(23)13(10)8-19-17(22)4-3-12-6-15-16(27-9-26-15)7-14(12)21(24)25/h3-7H,8-9H2,1-2H3,(H,19,22)(H,20,23)/b4-3+. The third-order valence-electron chi connectivity index (χ3n) is 4.07. The number of nitrogens with zero attached hydrogens (tertiary/aromatic N) is 1. The molecule has 0 spiro atoms. The number of fused-ring (bicyclic) bond motifs is 1. The molecule has 1 aliphatic heterocycles. The number of H-pyrrole nitrogens is 1. The summed E-state index contributed by atoms with van der Waals surface area (Å²) in [4.78, 5) is 37.3. The maximum Gasteiger partial charge on any atom is 0.280 e. The Bertz CT molecular complexity index is 1010. The number of aromatic amines is 1. The van der Waals surface area contributed by atoms with Crippen molar-refractivity contribution in [2.75, 3.05) is 6.79 Å². The highest BCUT2D eigenvalue weighted by atomic mass is 16.7. The number of nitro benzene ring substituents is 1. The third kappa shape index (κ3) is 3.97. The Labute approximate surface area is 153 Å². The molecule has 27 heavy (non-hydrogen) atoms. The number of carbonyl (C=O) groups excluding carboxylic acids is 1. The SMILES string of the molecule is Cc1cc(C)c(CNC(=O)/C=C/c2cc3c(cc2[N+](=O)[O-])OCO3)c(=O)[nH]1. The zero-order valence-corrected chi connectivity index (χ0v) is 14.7. The summed E-state index contributed by atoms with van der Waals surface area (Å²) in [5.74, 6) is 0.182. The highest BCUT2D eigenvalue weighted by molar-refractivity contribution is 5.92. The van der Waals surface area contributed by atoms with E-state index in [1.54, 1.807) is 13.8 Å². The molecule has 0 atom stereocenters. The molecule has 9 nitrogen and oxygen atoms in total. The lowest BCUT2D eigenvalue weighted by atomic mass is 10.1. The summed E-state index contributed by atoms with van der Waals surface area (Å²) in [5, 5.41) is 13.8. The second-order valence-electron chi connectivity index (χ2n) is 6.02. The van der Waals surface area contributed by atoms with Gasteiger partial charge in [-0.15, -0.1) is 0 Å². The molecule has 0 saturated carbocycles. The lowest BCUT2D eigenvalue weighted by molar-refractivity contribution is -0.385. The molecular weight excluding hydrogens is 354 g/mol. The largest absolute Gasteiger partial charge is 0.454 e. The Morgan fingerprint density at radius 2 is 2.00 bits per heavy atom. The van der Waals surface area contributed by atoms with Crippen LogP contribution in [0.25, 0.3) is 6.08 Å². The fourth-order valence-electron chi connectivity index (χ4n) is 2.74. The molecular formula is C18H17N3O6. The molecule has 2 aromatic rings. The van der Waals surface area contributed by atoms with Crippen molar-refractivity contribution < 1.29 is 19.2 Å². The van der Waals surface area contributed by atoms with Crippen LogP contribution in [0.4, 0.5) is 5.69 Å². The Kier molecular flexibility index (Phi) is 4.93. The average molecular weight is 371 g/mol. The quantitative estimate of drug-likeness (QED) is 0.470. The van der Waals surface area contributed by atoms with Gasteiger partial charge in [-0.05, 0) is 37.6 Å². The van der Waals surface area contributed by atoms with E-state index < -0.39 is 10.8 Å². The van der Waals surface area contributed by atoms with E-state index in [1.807, 2.05) is 6.07 Å². The summed E-state index contributed by atoms with van der Waals surface area (Å²) < 4.78 is 10.3. The van der Waals surface area contributed by atoms with Gasteiger partial charge in [0.1, 0.15) is 0 Å². The second kappa shape index (κ2) is 7.32. The number of hydrogen-bond donors (Lipinski definition) is 2. The van der Waals surface area contributed by atoms with E-state index in [0.717, 1.165) is 11.3 Å². The van der Waals surface area contributed by atoms with E-state index >= 15 is 0 Å². The normalized spacial score (nSPS) is 12.4. The van der Waals surface area contributed by atoms with Gasteiger partial charge in [0.25, 0.3) is 11.2 Å². The van der Waals surface area contributed by atoms with Gasteiger partial charge in [-0.1, -0.05) is 0 Å². The Balaban J connectivity index is 1.74. The van der Waals surface area contributed by atoms with Crippen molar-refractivity contribution in [3.63, 3.8) is 0 Å². The number of pyridine rings is 1. The molecule has 1 aliphatic rings. The van der Waals surface area contributed by atoms with Crippen molar-refractivity contribution in [3.8, 4) is 11.5 Å². The number of aromatic nitrogens is 1. The second-order valence-corrected chi connectivity index (χ2v) is 6.02. The molecule has 0 unspecified atom stereocenters. The van der Waals surface area contributed by atoms with E-state index in [2.05, 4.69) is 10.3 Å². The molecule has 1 aromatic carbocycles. The number of amides is 1. The summed E-state index contributed by atoms with van der Waals surface area (Å²) in [5.41, 5.74) is 1.71. The first-order valence-electron chi connectivity index (χ1n) is 8.08. The summed E-state index contributed by atoms with van der Waals surface area (Å²) >= 11 is 0. The van der Waals surface area contributed by atoms with Gasteiger partial charge in [-0.3, -0.25) is 19.7 Å². The van der Waals surface area contributed by atoms with Crippen LogP contribution >= 0.6 is 0 Å². The van der Waals surface area contributed by atoms with Crippen LogP contribution in [0.3, 0.4) is 0 Å². The van der Waals surface area contributed by atoms with E-state index in [0.29, 0.717) is 11.3 Å². The van der Waals surface area contributed by atoms with E-state index in [-0.39, 0.29) is 35.9 Å². The van der Waals surface area contributed by atoms with Crippen LogP contribution in [-0.4, -0.2) is 22.6 Å². The number of nitro groups is 1. The molecule has 0 fully saturated rings. The summed E-state index contributed by atoms with van der Waals surface area (Å²) in [6, 6.07) is 4.52. The average Bonchev–Trinajstić information content (AvgIpc) is 3.05. The highest BCUT2D eigenvalue weighted by Gasteiger charge is 2.22. The predicted molar refractivity (Wildman–Crippen MR) is 96.6 cm³/mol. The molecule has 0 saturated heterocycles. The number of rotatable bonds is 5. The molecule has 0 aliphatic carbocycles. The minimum absolute atomic E-state index is 0.00934. The Morgan fingerprint density at radius 3 is 2.67 bits per heavy atom. The zero-order valence-electron chi connectivity index (χ0n) is 14.7. The first-order valence-corrected chi connectivity index (χ1v) is 8.08. The van der Waals surface area contributed by atoms with E-state index in [4.69, 9.17) is 9.47 Å². The number of nitrogens with one attached hydrogen (secondary N) is 2. The Morgan fingerprint density at radius 1 is 1.30 bits per heavy atom. The predicted octanol–water partition coefficient (Wildman–Crippen LogP) is 1.96. The lowest BCUT2D eigenvalue weighted by Gasteiger charge is -2.06. The van der Waals surface area contributed by atoms with Gasteiger partial charge >= 0.3 is 0 Å². The molecule has 140 valence electrons. The molecule has 0 radical (unpaired) electrons. The maximum absolute atomic E-state index is 12.1. The van der Waals surface area contributed by atoms with Crippen molar-refractivity contribution in [1.82, 2.24) is 10.3 Å². The van der Waals surface area contributed by atoms with Crippen molar-refractivity contribution in [1.29, 1.82) is 0 Å². The van der Waals surface area contributed by atoms with E-state index in [1.165, 1.54) is 24.3 Å². The van der Waals surface area contributed by atoms with Crippen molar-refractivity contribution in [2.24, 2.45) is 0 Å². The lowest BCUT2D eigenvalue weighted by Crippen LogP contribution is -2.26. The first kappa shape index (κ1) is 18.2. The topological polar surface area (TPSA) is 124 Å².